The fraction of sp³-hybridized carbons (Fsp3) is 0.333. The molecule has 0 unspecified atom stereocenters. The summed E-state index contributed by atoms with van der Waals surface area (Å²) in [7, 11) is 1.67. The van der Waals surface area contributed by atoms with Crippen molar-refractivity contribution in [2.75, 3.05) is 38.1 Å². The van der Waals surface area contributed by atoms with Gasteiger partial charge in [-0.2, -0.15) is 0 Å². The normalized spacial score (nSPS) is 13.9. The van der Waals surface area contributed by atoms with E-state index in [0.717, 1.165) is 11.3 Å². The molecule has 0 radical (unpaired) electrons. The van der Waals surface area contributed by atoms with Crippen LogP contribution < -0.4 is 10.5 Å². The Kier molecular flexibility index (Phi) is 7.09. The van der Waals surface area contributed by atoms with Crippen molar-refractivity contribution < 1.29 is 9.59 Å². The van der Waals surface area contributed by atoms with Crippen molar-refractivity contribution in [2.24, 2.45) is 0 Å². The average molecular weight is 502 g/mol. The van der Waals surface area contributed by atoms with Crippen molar-refractivity contribution in [1.82, 2.24) is 19.4 Å². The zero-order chi connectivity index (χ0) is 24.4. The lowest BCUT2D eigenvalue weighted by Gasteiger charge is -2.35. The molecule has 0 spiro atoms. The molecule has 178 valence electrons. The highest BCUT2D eigenvalue weighted by atomic mass is 35.5. The molecule has 34 heavy (non-hydrogen) atoms. The number of piperazine rings is 1. The van der Waals surface area contributed by atoms with Crippen LogP contribution in [0.25, 0.3) is 10.9 Å². The van der Waals surface area contributed by atoms with Crippen LogP contribution in [0.3, 0.4) is 0 Å². The van der Waals surface area contributed by atoms with Crippen LogP contribution in [0.2, 0.25) is 10.0 Å². The summed E-state index contributed by atoms with van der Waals surface area (Å²) in [5, 5.41) is 1.33. The Morgan fingerprint density at radius 1 is 1.03 bits per heavy atom. The molecular weight excluding hydrogens is 477 g/mol. The van der Waals surface area contributed by atoms with Gasteiger partial charge in [0.1, 0.15) is 6.54 Å². The van der Waals surface area contributed by atoms with E-state index in [1.54, 1.807) is 32.2 Å². The van der Waals surface area contributed by atoms with Gasteiger partial charge in [0.15, 0.2) is 0 Å². The van der Waals surface area contributed by atoms with Crippen molar-refractivity contribution in [3.05, 3.63) is 68.7 Å². The summed E-state index contributed by atoms with van der Waals surface area (Å²) in [6.07, 6.45) is 1.40. The minimum Gasteiger partial charge on any atom is -0.368 e. The summed E-state index contributed by atoms with van der Waals surface area (Å²) < 4.78 is 1.33. The van der Waals surface area contributed by atoms with E-state index in [2.05, 4.69) is 9.88 Å². The van der Waals surface area contributed by atoms with Gasteiger partial charge in [-0.25, -0.2) is 4.98 Å². The average Bonchev–Trinajstić information content (AvgIpc) is 2.83. The van der Waals surface area contributed by atoms with Gasteiger partial charge in [-0.1, -0.05) is 29.3 Å². The Bertz CT molecular complexity index is 1300. The van der Waals surface area contributed by atoms with Crippen LogP contribution >= 0.6 is 23.2 Å². The lowest BCUT2D eigenvalue weighted by molar-refractivity contribution is -0.131. The maximum absolute atomic E-state index is 13.2. The molecular formula is C24H25Cl2N5O3. The molecule has 2 amide bonds. The molecule has 2 heterocycles. The molecule has 8 nitrogen and oxygen atoms in total. The fourth-order valence-corrected chi connectivity index (χ4v) is 4.32. The Balaban J connectivity index is 1.50. The maximum atomic E-state index is 13.2. The third kappa shape index (κ3) is 5.18. The van der Waals surface area contributed by atoms with Gasteiger partial charge < -0.3 is 14.7 Å². The Labute approximate surface area is 207 Å². The molecule has 1 aromatic heterocycles. The molecule has 2 aromatic carbocycles. The molecule has 1 aliphatic heterocycles. The monoisotopic (exact) mass is 501 g/mol. The van der Waals surface area contributed by atoms with Crippen LogP contribution in [0.4, 0.5) is 5.69 Å². The number of anilines is 1. The molecule has 0 N–H and O–H groups in total. The summed E-state index contributed by atoms with van der Waals surface area (Å²) in [5.74, 6) is -0.162. The predicted molar refractivity (Wildman–Crippen MR) is 133 cm³/mol. The van der Waals surface area contributed by atoms with Gasteiger partial charge in [0.2, 0.25) is 11.8 Å². The standard InChI is InChI=1S/C24H25Cl2N5O3/c1-16(32)29-7-9-30(10-8-29)18-4-6-22-19(12-18)24(34)31(15-27-22)14-23(33)28(2)13-17-3-5-20(25)21(26)11-17/h3-6,11-12,15H,7-10,13-14H2,1-2H3. The molecule has 1 fully saturated rings. The number of halogens is 2. The van der Waals surface area contributed by atoms with Crippen LogP contribution in [-0.4, -0.2) is 64.4 Å². The number of benzene rings is 2. The van der Waals surface area contributed by atoms with Gasteiger partial charge in [0.25, 0.3) is 5.56 Å². The highest BCUT2D eigenvalue weighted by Gasteiger charge is 2.20. The maximum Gasteiger partial charge on any atom is 0.261 e. The number of hydrogen-bond acceptors (Lipinski definition) is 5. The number of likely N-dealkylation sites (N-methyl/N-ethyl adjacent to an activating group) is 1. The smallest absolute Gasteiger partial charge is 0.261 e. The van der Waals surface area contributed by atoms with E-state index in [0.29, 0.717) is 53.7 Å². The van der Waals surface area contributed by atoms with E-state index in [4.69, 9.17) is 23.2 Å². The van der Waals surface area contributed by atoms with Crippen molar-refractivity contribution in [3.8, 4) is 0 Å². The molecule has 1 aliphatic rings. The van der Waals surface area contributed by atoms with Crippen LogP contribution in [0.15, 0.2) is 47.5 Å². The van der Waals surface area contributed by atoms with E-state index in [-0.39, 0.29) is 23.9 Å². The number of fused-ring (bicyclic) bond motifs is 1. The van der Waals surface area contributed by atoms with Crippen LogP contribution in [-0.2, 0) is 22.7 Å². The van der Waals surface area contributed by atoms with E-state index in [1.165, 1.54) is 15.8 Å². The lowest BCUT2D eigenvalue weighted by atomic mass is 10.2. The van der Waals surface area contributed by atoms with Crippen LogP contribution in [0, 0.1) is 0 Å². The minimum atomic E-state index is -0.273. The largest absolute Gasteiger partial charge is 0.368 e. The van der Waals surface area contributed by atoms with Crippen molar-refractivity contribution in [1.29, 1.82) is 0 Å². The molecule has 0 bridgehead atoms. The first-order valence-electron chi connectivity index (χ1n) is 10.9. The van der Waals surface area contributed by atoms with E-state index in [1.807, 2.05) is 23.1 Å². The highest BCUT2D eigenvalue weighted by molar-refractivity contribution is 6.42. The number of rotatable bonds is 5. The minimum absolute atomic E-state index is 0.0686. The van der Waals surface area contributed by atoms with Gasteiger partial charge in [-0.05, 0) is 35.9 Å². The molecule has 4 rings (SSSR count). The van der Waals surface area contributed by atoms with E-state index in [9.17, 15) is 14.4 Å². The second-order valence-corrected chi connectivity index (χ2v) is 9.18. The molecule has 0 saturated carbocycles. The number of nitrogens with zero attached hydrogens (tertiary/aromatic N) is 5. The van der Waals surface area contributed by atoms with Crippen molar-refractivity contribution in [2.45, 2.75) is 20.0 Å². The summed E-state index contributed by atoms with van der Waals surface area (Å²) in [5.41, 5.74) is 2.04. The first-order chi connectivity index (χ1) is 16.2. The Morgan fingerprint density at radius 2 is 1.76 bits per heavy atom. The van der Waals surface area contributed by atoms with E-state index < -0.39 is 0 Å². The SMILES string of the molecule is CC(=O)N1CCN(c2ccc3ncn(CC(=O)N(C)Cc4ccc(Cl)c(Cl)c4)c(=O)c3c2)CC1. The third-order valence-electron chi connectivity index (χ3n) is 6.03. The first-order valence-corrected chi connectivity index (χ1v) is 11.7. The summed E-state index contributed by atoms with van der Waals surface area (Å²) in [6.45, 7) is 4.45. The Hall–Kier alpha value is -3.10. The fourth-order valence-electron chi connectivity index (χ4n) is 4.00. The summed E-state index contributed by atoms with van der Waals surface area (Å²) >= 11 is 12.0. The third-order valence-corrected chi connectivity index (χ3v) is 6.77. The zero-order valence-corrected chi connectivity index (χ0v) is 20.5. The number of aromatic nitrogens is 2. The lowest BCUT2D eigenvalue weighted by Crippen LogP contribution is -2.48. The number of amides is 2. The highest BCUT2D eigenvalue weighted by Crippen LogP contribution is 2.23. The quantitative estimate of drug-likeness (QED) is 0.536. The van der Waals surface area contributed by atoms with Crippen LogP contribution in [0.5, 0.6) is 0 Å². The zero-order valence-electron chi connectivity index (χ0n) is 19.0. The predicted octanol–water partition coefficient (Wildman–Crippen LogP) is 3.03. The van der Waals surface area contributed by atoms with Gasteiger partial charge in [0, 0.05) is 52.4 Å². The van der Waals surface area contributed by atoms with Gasteiger partial charge in [-0.15, -0.1) is 0 Å². The summed E-state index contributed by atoms with van der Waals surface area (Å²) in [6, 6.07) is 10.8. The Morgan fingerprint density at radius 3 is 2.44 bits per heavy atom. The summed E-state index contributed by atoms with van der Waals surface area (Å²) in [4.78, 5) is 47.4. The molecule has 3 aromatic rings. The van der Waals surface area contributed by atoms with Gasteiger partial charge >= 0.3 is 0 Å². The van der Waals surface area contributed by atoms with Crippen LogP contribution in [0.1, 0.15) is 12.5 Å². The number of hydrogen-bond donors (Lipinski definition) is 0. The first kappa shape index (κ1) is 24.0. The number of carbonyl (C=O) groups excluding carboxylic acids is 2. The molecule has 0 atom stereocenters. The second-order valence-electron chi connectivity index (χ2n) is 8.37. The van der Waals surface area contributed by atoms with Crippen molar-refractivity contribution >= 4 is 51.6 Å². The van der Waals surface area contributed by atoms with Crippen molar-refractivity contribution in [3.63, 3.8) is 0 Å². The molecule has 10 heteroatoms. The van der Waals surface area contributed by atoms with Gasteiger partial charge in [0.05, 0.1) is 27.3 Å². The van der Waals surface area contributed by atoms with Gasteiger partial charge in [-0.3, -0.25) is 19.0 Å². The topological polar surface area (TPSA) is 78.8 Å². The number of carbonyl (C=O) groups is 2. The van der Waals surface area contributed by atoms with E-state index >= 15 is 0 Å². The second kappa shape index (κ2) is 10.0. The molecule has 1 saturated heterocycles. The molecule has 0 aliphatic carbocycles.